The highest BCUT2D eigenvalue weighted by Crippen LogP contribution is 2.41. The van der Waals surface area contributed by atoms with E-state index in [1.165, 1.54) is 6.07 Å². The van der Waals surface area contributed by atoms with Gasteiger partial charge in [-0.3, -0.25) is 0 Å². The van der Waals surface area contributed by atoms with Crippen LogP contribution in [-0.2, 0) is 20.8 Å². The number of carboxylic acid groups (broad SMARTS) is 1. The molecule has 2 saturated carbocycles. The highest BCUT2D eigenvalue weighted by atomic mass is 32.2. The fourth-order valence-electron chi connectivity index (χ4n) is 4.39. The van der Waals surface area contributed by atoms with Crippen molar-refractivity contribution < 1.29 is 40.8 Å². The van der Waals surface area contributed by atoms with Crippen LogP contribution in [0, 0.1) is 25.2 Å². The van der Waals surface area contributed by atoms with Crippen molar-refractivity contribution >= 4 is 15.9 Å². The maximum absolute atomic E-state index is 13.8. The van der Waals surface area contributed by atoms with Gasteiger partial charge in [0.1, 0.15) is 11.3 Å². The van der Waals surface area contributed by atoms with E-state index in [4.69, 9.17) is 19.6 Å². The Morgan fingerprint density at radius 2 is 2.00 bits per heavy atom. The zero-order valence-electron chi connectivity index (χ0n) is 20.6. The second-order valence-corrected chi connectivity index (χ2v) is 11.3. The zero-order chi connectivity index (χ0) is 27.6. The van der Waals surface area contributed by atoms with Crippen molar-refractivity contribution in [1.29, 1.82) is 5.26 Å². The summed E-state index contributed by atoms with van der Waals surface area (Å²) in [4.78, 5) is 9.27. The van der Waals surface area contributed by atoms with E-state index in [0.717, 1.165) is 12.1 Å². The lowest BCUT2D eigenvalue weighted by Gasteiger charge is -2.18. The molecule has 1 aromatic carbocycles. The highest BCUT2D eigenvalue weighted by molar-refractivity contribution is 7.92. The minimum Gasteiger partial charge on any atom is -0.465 e. The molecular weight excluding hydrogens is 515 g/mol. The van der Waals surface area contributed by atoms with E-state index in [0.29, 0.717) is 42.9 Å². The van der Waals surface area contributed by atoms with Gasteiger partial charge in [0.25, 0.3) is 0 Å². The molecule has 13 heteroatoms. The number of ether oxygens (including phenoxy) is 1. The molecule has 1 heterocycles. The number of carbonyl (C=O) groups is 1. The quantitative estimate of drug-likeness (QED) is 0.517. The average molecular weight is 544 g/mol. The third kappa shape index (κ3) is 6.42. The normalized spacial score (nSPS) is 20.5. The van der Waals surface area contributed by atoms with Crippen molar-refractivity contribution in [1.82, 2.24) is 10.5 Å². The van der Waals surface area contributed by atoms with E-state index >= 15 is 0 Å². The summed E-state index contributed by atoms with van der Waals surface area (Å²) >= 11 is 0. The van der Waals surface area contributed by atoms with Gasteiger partial charge >= 0.3 is 12.3 Å². The lowest BCUT2D eigenvalue weighted by molar-refractivity contribution is -0.139. The van der Waals surface area contributed by atoms with E-state index in [9.17, 15) is 26.4 Å². The van der Waals surface area contributed by atoms with Gasteiger partial charge in [0, 0.05) is 12.2 Å². The van der Waals surface area contributed by atoms with Gasteiger partial charge < -0.3 is 19.7 Å². The van der Waals surface area contributed by atoms with Gasteiger partial charge in [-0.15, -0.1) is 0 Å². The van der Waals surface area contributed by atoms with Crippen LogP contribution < -0.4 is 5.32 Å². The standard InChI is InChI=1S/C19H22F3NO4S.C5H6N2O2/c1-4-26-14-6-7-15(10-14)28(24,25)17-8-5-13(9-16(17)19(20,21)22)18-11(2)23-27-12(18)3;6-3-5(1-2-5)7-4(8)9/h5,8-9,14-15H,4,6-7,10H2,1-3H3;7H,1-2H2,(H,8,9)/t14-,15-;/m1./s1. The summed E-state index contributed by atoms with van der Waals surface area (Å²) in [5.41, 5.74) is -0.791. The summed E-state index contributed by atoms with van der Waals surface area (Å²) in [7, 11) is -4.15. The highest BCUT2D eigenvalue weighted by Gasteiger charge is 2.45. The molecule has 0 saturated heterocycles. The van der Waals surface area contributed by atoms with Crippen LogP contribution in [-0.4, -0.2) is 48.3 Å². The molecule has 0 aliphatic heterocycles. The Balaban J connectivity index is 0.000000356. The number of nitrogens with one attached hydrogen (secondary N) is 1. The number of aryl methyl sites for hydroxylation is 2. The van der Waals surface area contributed by atoms with E-state index < -0.39 is 43.4 Å². The molecule has 202 valence electrons. The van der Waals surface area contributed by atoms with Crippen molar-refractivity contribution in [3.05, 3.63) is 35.2 Å². The van der Waals surface area contributed by atoms with Crippen molar-refractivity contribution in [2.45, 2.75) is 80.8 Å². The number of sulfone groups is 1. The lowest BCUT2D eigenvalue weighted by atomic mass is 10.0. The summed E-state index contributed by atoms with van der Waals surface area (Å²) in [6, 6.07) is 5.19. The Bertz CT molecular complexity index is 1280. The molecule has 2 atom stereocenters. The molecule has 2 N–H and O–H groups in total. The molecule has 4 rings (SSSR count). The van der Waals surface area contributed by atoms with Gasteiger partial charge in [0.15, 0.2) is 9.84 Å². The molecule has 37 heavy (non-hydrogen) atoms. The first-order valence-electron chi connectivity index (χ1n) is 11.7. The van der Waals surface area contributed by atoms with Crippen LogP contribution >= 0.6 is 0 Å². The van der Waals surface area contributed by atoms with Gasteiger partial charge in [-0.1, -0.05) is 11.2 Å². The van der Waals surface area contributed by atoms with Crippen LogP contribution in [0.3, 0.4) is 0 Å². The molecule has 2 fully saturated rings. The van der Waals surface area contributed by atoms with Gasteiger partial charge in [-0.2, -0.15) is 18.4 Å². The smallest absolute Gasteiger partial charge is 0.417 e. The summed E-state index contributed by atoms with van der Waals surface area (Å²) in [6.07, 6.45) is -3.85. The molecule has 0 spiro atoms. The van der Waals surface area contributed by atoms with Crippen molar-refractivity contribution in [2.24, 2.45) is 0 Å². The first kappa shape index (κ1) is 28.5. The number of hydrogen-bond donors (Lipinski definition) is 2. The summed E-state index contributed by atoms with van der Waals surface area (Å²) in [5, 5.41) is 21.5. The van der Waals surface area contributed by atoms with E-state index in [2.05, 4.69) is 10.5 Å². The topological polar surface area (TPSA) is 143 Å². The molecule has 0 bridgehead atoms. The third-order valence-electron chi connectivity index (χ3n) is 6.40. The van der Waals surface area contributed by atoms with Crippen LogP contribution in [0.4, 0.5) is 18.0 Å². The number of hydrogen-bond acceptors (Lipinski definition) is 7. The van der Waals surface area contributed by atoms with E-state index in [1.54, 1.807) is 20.8 Å². The molecule has 2 aliphatic rings. The maximum Gasteiger partial charge on any atom is 0.417 e. The molecule has 1 amide bonds. The fraction of sp³-hybridized carbons (Fsp3) is 0.542. The lowest BCUT2D eigenvalue weighted by Crippen LogP contribution is -2.33. The Morgan fingerprint density at radius 1 is 1.32 bits per heavy atom. The van der Waals surface area contributed by atoms with Gasteiger partial charge in [-0.05, 0) is 70.6 Å². The number of rotatable bonds is 6. The number of aromatic nitrogens is 1. The number of benzene rings is 1. The predicted molar refractivity (Wildman–Crippen MR) is 125 cm³/mol. The first-order chi connectivity index (χ1) is 17.2. The number of nitrogens with zero attached hydrogens (tertiary/aromatic N) is 2. The van der Waals surface area contributed by atoms with Crippen LogP contribution in [0.1, 0.15) is 56.0 Å². The number of halogens is 3. The van der Waals surface area contributed by atoms with Crippen molar-refractivity contribution in [3.8, 4) is 17.2 Å². The SMILES string of the molecule is CCO[C@@H]1CC[C@@H](S(=O)(=O)c2ccc(-c3c(C)noc3C)cc2C(F)(F)F)C1.N#CC1(NC(=O)O)CC1. The molecule has 2 aromatic rings. The predicted octanol–water partition coefficient (Wildman–Crippen LogP) is 5.02. The minimum absolute atomic E-state index is 0.207. The van der Waals surface area contributed by atoms with E-state index in [1.807, 2.05) is 6.07 Å². The molecule has 2 aliphatic carbocycles. The Labute approximate surface area is 212 Å². The third-order valence-corrected chi connectivity index (χ3v) is 8.68. The number of alkyl halides is 3. The van der Waals surface area contributed by atoms with Crippen molar-refractivity contribution in [2.75, 3.05) is 6.61 Å². The first-order valence-corrected chi connectivity index (χ1v) is 13.2. The second-order valence-electron chi connectivity index (χ2n) is 9.09. The number of nitriles is 1. The van der Waals surface area contributed by atoms with Crippen molar-refractivity contribution in [3.63, 3.8) is 0 Å². The molecule has 1 aromatic heterocycles. The molecule has 0 radical (unpaired) electrons. The largest absolute Gasteiger partial charge is 0.465 e. The van der Waals surface area contributed by atoms with Gasteiger partial charge in [0.2, 0.25) is 0 Å². The Hall–Kier alpha value is -3.11. The summed E-state index contributed by atoms with van der Waals surface area (Å²) in [5.74, 6) is 0.372. The Morgan fingerprint density at radius 3 is 2.46 bits per heavy atom. The van der Waals surface area contributed by atoms with Crippen LogP contribution in [0.25, 0.3) is 11.1 Å². The monoisotopic (exact) mass is 543 g/mol. The van der Waals surface area contributed by atoms with Gasteiger partial charge in [-0.25, -0.2) is 13.2 Å². The molecule has 0 unspecified atom stereocenters. The Kier molecular flexibility index (Phi) is 8.24. The second kappa shape index (κ2) is 10.7. The molecule has 9 nitrogen and oxygen atoms in total. The zero-order valence-corrected chi connectivity index (χ0v) is 21.4. The number of amides is 1. The van der Waals surface area contributed by atoms with Crippen LogP contribution in [0.15, 0.2) is 27.6 Å². The summed E-state index contributed by atoms with van der Waals surface area (Å²) in [6.45, 7) is 5.46. The maximum atomic E-state index is 13.8. The minimum atomic E-state index is -4.81. The van der Waals surface area contributed by atoms with E-state index in [-0.39, 0.29) is 24.5 Å². The average Bonchev–Trinajstić information content (AvgIpc) is 3.25. The van der Waals surface area contributed by atoms with Crippen LogP contribution in [0.5, 0.6) is 0 Å². The van der Waals surface area contributed by atoms with Crippen LogP contribution in [0.2, 0.25) is 0 Å². The summed E-state index contributed by atoms with van der Waals surface area (Å²) < 4.78 is 77.7. The molecular formula is C24H28F3N3O6S. The fourth-order valence-corrected chi connectivity index (χ4v) is 6.41. The van der Waals surface area contributed by atoms with Gasteiger partial charge in [0.05, 0.1) is 33.6 Å².